The first-order valence-electron chi connectivity index (χ1n) is 13.8. The monoisotopic (exact) mass is 605 g/mol. The average molecular weight is 607 g/mol. The molecule has 2 aromatic carbocycles. The summed E-state index contributed by atoms with van der Waals surface area (Å²) in [4.78, 5) is 35.8. The molecular weight excluding hydrogens is 570 g/mol. The molecule has 2 amide bonds. The lowest BCUT2D eigenvalue weighted by Crippen LogP contribution is -2.48. The van der Waals surface area contributed by atoms with E-state index < -0.39 is 11.0 Å². The molecule has 2 aliphatic heterocycles. The van der Waals surface area contributed by atoms with Gasteiger partial charge in [0, 0.05) is 30.7 Å². The van der Waals surface area contributed by atoms with E-state index in [1.54, 1.807) is 24.9 Å². The van der Waals surface area contributed by atoms with E-state index in [4.69, 9.17) is 4.98 Å². The molecule has 3 heterocycles. The van der Waals surface area contributed by atoms with Gasteiger partial charge < -0.3 is 20.6 Å². The third-order valence-corrected chi connectivity index (χ3v) is 8.65. The number of benzene rings is 2. The molecule has 1 aromatic heterocycles. The average Bonchev–Trinajstić information content (AvgIpc) is 3.16. The second-order valence-electron chi connectivity index (χ2n) is 11.8. The number of rotatable bonds is 7. The van der Waals surface area contributed by atoms with Crippen LogP contribution in [0.1, 0.15) is 68.8 Å². The number of fused-ring (bicyclic) bond motifs is 1. The lowest BCUT2D eigenvalue weighted by atomic mass is 9.82. The fraction of sp³-hybridized carbons (Fsp3) is 0.419. The Morgan fingerprint density at radius 1 is 1.15 bits per heavy atom. The Hall–Kier alpha value is -3.30. The Morgan fingerprint density at radius 2 is 1.85 bits per heavy atom. The van der Waals surface area contributed by atoms with Crippen LogP contribution in [0.4, 0.5) is 17.3 Å². The molecule has 8 nitrogen and oxygen atoms in total. The second-order valence-corrected chi connectivity index (χ2v) is 12.6. The molecule has 0 saturated carbocycles. The SMILES string of the molecule is CC(C)(O)C(=O)N1CCC(c2ccc(Nc3ncc(Br)c(CCc4cccc5c4C(C)(C)C(=O)N5)n3)cc2)CC1. The maximum atomic E-state index is 12.5. The molecular formula is C31H36BrN5O3. The van der Waals surface area contributed by atoms with Gasteiger partial charge in [-0.05, 0) is 110 Å². The van der Waals surface area contributed by atoms with E-state index in [0.29, 0.717) is 31.4 Å². The predicted octanol–water partition coefficient (Wildman–Crippen LogP) is 5.47. The van der Waals surface area contributed by atoms with Crippen molar-refractivity contribution in [1.29, 1.82) is 0 Å². The number of aromatic nitrogens is 2. The smallest absolute Gasteiger partial charge is 0.253 e. The number of hydrogen-bond acceptors (Lipinski definition) is 6. The zero-order chi connectivity index (χ0) is 28.7. The lowest BCUT2D eigenvalue weighted by molar-refractivity contribution is -0.148. The first-order valence-corrected chi connectivity index (χ1v) is 14.6. The van der Waals surface area contributed by atoms with E-state index in [0.717, 1.165) is 51.9 Å². The van der Waals surface area contributed by atoms with E-state index in [-0.39, 0.29) is 11.8 Å². The summed E-state index contributed by atoms with van der Waals surface area (Å²) in [5.41, 5.74) is 4.26. The molecule has 3 aromatic rings. The minimum Gasteiger partial charge on any atom is -0.381 e. The summed E-state index contributed by atoms with van der Waals surface area (Å²) in [6.45, 7) is 8.32. The minimum absolute atomic E-state index is 0.0296. The van der Waals surface area contributed by atoms with E-state index in [2.05, 4.69) is 49.7 Å². The number of hydrogen-bond donors (Lipinski definition) is 3. The Labute approximate surface area is 243 Å². The van der Waals surface area contributed by atoms with Gasteiger partial charge in [-0.1, -0.05) is 24.3 Å². The molecule has 1 fully saturated rings. The summed E-state index contributed by atoms with van der Waals surface area (Å²) in [6.07, 6.45) is 4.98. The van der Waals surface area contributed by atoms with Crippen molar-refractivity contribution >= 4 is 45.1 Å². The number of nitrogens with one attached hydrogen (secondary N) is 2. The standard InChI is InChI=1S/C31H36BrN5O3/c1-30(2)26-21(6-5-7-25(26)35-27(30)38)10-13-24-23(32)18-33-29(36-24)34-22-11-8-19(9-12-22)20-14-16-37(17-15-20)28(39)31(3,4)40/h5-9,11-12,18,20,40H,10,13-17H2,1-4H3,(H,35,38)(H,33,34,36). The highest BCUT2D eigenvalue weighted by Crippen LogP contribution is 2.40. The van der Waals surface area contributed by atoms with Gasteiger partial charge in [-0.3, -0.25) is 9.59 Å². The molecule has 0 spiro atoms. The number of amides is 2. The highest BCUT2D eigenvalue weighted by atomic mass is 79.9. The number of likely N-dealkylation sites (tertiary alicyclic amines) is 1. The number of nitrogens with zero attached hydrogens (tertiary/aromatic N) is 3. The van der Waals surface area contributed by atoms with Crippen LogP contribution < -0.4 is 10.6 Å². The van der Waals surface area contributed by atoms with Gasteiger partial charge in [0.05, 0.1) is 15.6 Å². The summed E-state index contributed by atoms with van der Waals surface area (Å²) >= 11 is 3.60. The maximum absolute atomic E-state index is 12.5. The summed E-state index contributed by atoms with van der Waals surface area (Å²) in [7, 11) is 0. The van der Waals surface area contributed by atoms with Crippen molar-refractivity contribution in [3.63, 3.8) is 0 Å². The Balaban J connectivity index is 1.22. The summed E-state index contributed by atoms with van der Waals surface area (Å²) in [6, 6.07) is 14.3. The molecule has 5 rings (SSSR count). The van der Waals surface area contributed by atoms with Crippen molar-refractivity contribution in [2.45, 2.75) is 70.3 Å². The van der Waals surface area contributed by atoms with Gasteiger partial charge in [-0.15, -0.1) is 0 Å². The van der Waals surface area contributed by atoms with Gasteiger partial charge in [0.25, 0.3) is 5.91 Å². The van der Waals surface area contributed by atoms with E-state index in [1.807, 2.05) is 38.1 Å². The van der Waals surface area contributed by atoms with Crippen LogP contribution in [0.5, 0.6) is 0 Å². The van der Waals surface area contributed by atoms with Gasteiger partial charge in [0.1, 0.15) is 5.60 Å². The van der Waals surface area contributed by atoms with Crippen LogP contribution in [0, 0.1) is 0 Å². The summed E-state index contributed by atoms with van der Waals surface area (Å²) in [5, 5.41) is 16.3. The van der Waals surface area contributed by atoms with Crippen molar-refractivity contribution in [1.82, 2.24) is 14.9 Å². The van der Waals surface area contributed by atoms with Crippen molar-refractivity contribution in [2.24, 2.45) is 0 Å². The number of aliphatic hydroxyl groups is 1. The Kier molecular flexibility index (Phi) is 7.72. The predicted molar refractivity (Wildman–Crippen MR) is 160 cm³/mol. The van der Waals surface area contributed by atoms with Crippen molar-refractivity contribution in [3.05, 3.63) is 75.5 Å². The fourth-order valence-electron chi connectivity index (χ4n) is 5.70. The van der Waals surface area contributed by atoms with Gasteiger partial charge in [-0.2, -0.15) is 0 Å². The molecule has 40 heavy (non-hydrogen) atoms. The van der Waals surface area contributed by atoms with Gasteiger partial charge in [-0.25, -0.2) is 9.97 Å². The molecule has 0 radical (unpaired) electrons. The third kappa shape index (κ3) is 5.76. The van der Waals surface area contributed by atoms with Gasteiger partial charge >= 0.3 is 0 Å². The molecule has 0 bridgehead atoms. The molecule has 1 saturated heterocycles. The minimum atomic E-state index is -1.33. The largest absolute Gasteiger partial charge is 0.381 e. The molecule has 0 unspecified atom stereocenters. The number of carbonyl (C=O) groups excluding carboxylic acids is 2. The topological polar surface area (TPSA) is 107 Å². The van der Waals surface area contributed by atoms with E-state index in [1.165, 1.54) is 5.56 Å². The molecule has 0 atom stereocenters. The van der Waals surface area contributed by atoms with Crippen LogP contribution >= 0.6 is 15.9 Å². The van der Waals surface area contributed by atoms with Crippen LogP contribution in [0.15, 0.2) is 53.1 Å². The molecule has 2 aliphatic rings. The quantitative estimate of drug-likeness (QED) is 0.329. The van der Waals surface area contributed by atoms with Crippen LogP contribution in [-0.2, 0) is 27.8 Å². The zero-order valence-corrected chi connectivity index (χ0v) is 25.0. The van der Waals surface area contributed by atoms with E-state index >= 15 is 0 Å². The maximum Gasteiger partial charge on any atom is 0.253 e. The van der Waals surface area contributed by atoms with Gasteiger partial charge in [0.2, 0.25) is 11.9 Å². The molecule has 3 N–H and O–H groups in total. The van der Waals surface area contributed by atoms with Crippen LogP contribution in [0.2, 0.25) is 0 Å². The number of halogens is 1. The second kappa shape index (κ2) is 10.9. The van der Waals surface area contributed by atoms with Crippen LogP contribution in [-0.4, -0.2) is 50.5 Å². The Bertz CT molecular complexity index is 1420. The van der Waals surface area contributed by atoms with Crippen LogP contribution in [0.3, 0.4) is 0 Å². The van der Waals surface area contributed by atoms with Crippen molar-refractivity contribution in [3.8, 4) is 0 Å². The van der Waals surface area contributed by atoms with E-state index in [9.17, 15) is 14.7 Å². The first-order chi connectivity index (χ1) is 18.9. The number of aryl methyl sites for hydroxylation is 2. The van der Waals surface area contributed by atoms with Crippen LogP contribution in [0.25, 0.3) is 0 Å². The summed E-state index contributed by atoms with van der Waals surface area (Å²) in [5.74, 6) is 0.732. The molecule has 9 heteroatoms. The van der Waals surface area contributed by atoms with Crippen molar-refractivity contribution in [2.75, 3.05) is 23.7 Å². The zero-order valence-electron chi connectivity index (χ0n) is 23.4. The normalized spacial score (nSPS) is 16.9. The highest BCUT2D eigenvalue weighted by Gasteiger charge is 2.40. The van der Waals surface area contributed by atoms with Gasteiger partial charge in [0.15, 0.2) is 0 Å². The lowest BCUT2D eigenvalue weighted by Gasteiger charge is -2.35. The number of piperidine rings is 1. The number of anilines is 3. The summed E-state index contributed by atoms with van der Waals surface area (Å²) < 4.78 is 0.851. The Morgan fingerprint density at radius 3 is 2.52 bits per heavy atom. The molecule has 0 aliphatic carbocycles. The first kappa shape index (κ1) is 28.2. The fourth-order valence-corrected chi connectivity index (χ4v) is 6.09. The third-order valence-electron chi connectivity index (χ3n) is 7.98. The molecule has 210 valence electrons. The number of carbonyl (C=O) groups is 2. The van der Waals surface area contributed by atoms with Crippen molar-refractivity contribution < 1.29 is 14.7 Å². The highest BCUT2D eigenvalue weighted by molar-refractivity contribution is 9.10.